The predicted octanol–water partition coefficient (Wildman–Crippen LogP) is 5.80. The Kier molecular flexibility index (Phi) is 7.15. The number of ether oxygens (including phenoxy) is 2. The number of likely N-dealkylation sites (tertiary alicyclic amines) is 1. The van der Waals surface area contributed by atoms with E-state index in [1.165, 1.54) is 13.2 Å². The Bertz CT molecular complexity index is 1200. The SMILES string of the molecule is COC(=O)c1ccc(Cc2cn(CC3CCN(C(=O)OC(C)(C)C)CC3)c3cccc(F)c23)cc1. The van der Waals surface area contributed by atoms with E-state index in [1.807, 2.05) is 45.2 Å². The van der Waals surface area contributed by atoms with Gasteiger partial charge in [0, 0.05) is 31.2 Å². The average Bonchev–Trinajstić information content (AvgIpc) is 3.16. The van der Waals surface area contributed by atoms with Crippen LogP contribution < -0.4 is 0 Å². The minimum absolute atomic E-state index is 0.234. The fourth-order valence-corrected chi connectivity index (χ4v) is 4.68. The topological polar surface area (TPSA) is 60.8 Å². The standard InChI is InChI=1S/C28H33FN2O4/c1-28(2,3)35-27(33)30-14-12-20(13-15-30)17-31-18-22(25-23(29)6-5-7-24(25)31)16-19-8-10-21(11-9-19)26(32)34-4/h5-11,18,20H,12-17H2,1-4H3. The highest BCUT2D eigenvalue weighted by molar-refractivity contribution is 5.89. The van der Waals surface area contributed by atoms with Gasteiger partial charge >= 0.3 is 12.1 Å². The molecule has 2 aromatic carbocycles. The van der Waals surface area contributed by atoms with Crippen LogP contribution in [0, 0.1) is 11.7 Å². The molecule has 1 amide bonds. The number of amides is 1. The summed E-state index contributed by atoms with van der Waals surface area (Å²) in [4.78, 5) is 25.9. The van der Waals surface area contributed by atoms with E-state index >= 15 is 0 Å². The smallest absolute Gasteiger partial charge is 0.410 e. The first-order chi connectivity index (χ1) is 16.6. The summed E-state index contributed by atoms with van der Waals surface area (Å²) in [5.74, 6) is -0.223. The zero-order chi connectivity index (χ0) is 25.2. The van der Waals surface area contributed by atoms with Crippen LogP contribution in [-0.2, 0) is 22.4 Å². The highest BCUT2D eigenvalue weighted by Crippen LogP contribution is 2.29. The molecule has 186 valence electrons. The molecule has 0 unspecified atom stereocenters. The molecule has 35 heavy (non-hydrogen) atoms. The summed E-state index contributed by atoms with van der Waals surface area (Å²) < 4.78 is 27.3. The second-order valence-corrected chi connectivity index (χ2v) is 10.2. The van der Waals surface area contributed by atoms with Crippen molar-refractivity contribution in [3.63, 3.8) is 0 Å². The fourth-order valence-electron chi connectivity index (χ4n) is 4.68. The molecule has 1 saturated heterocycles. The minimum atomic E-state index is -0.502. The monoisotopic (exact) mass is 480 g/mol. The van der Waals surface area contributed by atoms with Crippen molar-refractivity contribution in [3.05, 3.63) is 71.2 Å². The van der Waals surface area contributed by atoms with E-state index in [-0.39, 0.29) is 17.9 Å². The van der Waals surface area contributed by atoms with Crippen LogP contribution in [0.15, 0.2) is 48.7 Å². The molecule has 0 bridgehead atoms. The molecule has 3 aromatic rings. The summed E-state index contributed by atoms with van der Waals surface area (Å²) in [5.41, 5.74) is 2.77. The normalized spacial score (nSPS) is 14.8. The highest BCUT2D eigenvalue weighted by atomic mass is 19.1. The number of nitrogens with zero attached hydrogens (tertiary/aromatic N) is 2. The van der Waals surface area contributed by atoms with E-state index in [9.17, 15) is 14.0 Å². The molecule has 0 spiro atoms. The lowest BCUT2D eigenvalue weighted by Gasteiger charge is -2.33. The number of fused-ring (bicyclic) bond motifs is 1. The number of carbonyl (C=O) groups excluding carboxylic acids is 2. The van der Waals surface area contributed by atoms with Gasteiger partial charge in [0.1, 0.15) is 11.4 Å². The number of halogens is 1. The molecule has 0 atom stereocenters. The lowest BCUT2D eigenvalue weighted by Crippen LogP contribution is -2.42. The van der Waals surface area contributed by atoms with E-state index in [2.05, 4.69) is 4.57 Å². The lowest BCUT2D eigenvalue weighted by molar-refractivity contribution is 0.0178. The quantitative estimate of drug-likeness (QED) is 0.433. The Balaban J connectivity index is 1.48. The van der Waals surface area contributed by atoms with Gasteiger partial charge < -0.3 is 18.9 Å². The van der Waals surface area contributed by atoms with Crippen molar-refractivity contribution in [2.45, 2.75) is 52.2 Å². The van der Waals surface area contributed by atoms with E-state index < -0.39 is 5.60 Å². The number of rotatable bonds is 5. The van der Waals surface area contributed by atoms with Gasteiger partial charge in [0.15, 0.2) is 0 Å². The maximum Gasteiger partial charge on any atom is 0.410 e. The summed E-state index contributed by atoms with van der Waals surface area (Å²) >= 11 is 0. The molecule has 1 fully saturated rings. The van der Waals surface area contributed by atoms with Crippen LogP contribution in [0.2, 0.25) is 0 Å². The van der Waals surface area contributed by atoms with Gasteiger partial charge in [0.25, 0.3) is 0 Å². The maximum atomic E-state index is 14.9. The number of piperidine rings is 1. The van der Waals surface area contributed by atoms with Gasteiger partial charge in [0.2, 0.25) is 0 Å². The molecule has 1 aromatic heterocycles. The first kappa shape index (κ1) is 24.8. The minimum Gasteiger partial charge on any atom is -0.465 e. The van der Waals surface area contributed by atoms with Crippen molar-refractivity contribution in [2.24, 2.45) is 5.92 Å². The van der Waals surface area contributed by atoms with Gasteiger partial charge in [-0.25, -0.2) is 14.0 Å². The van der Waals surface area contributed by atoms with Crippen molar-refractivity contribution in [1.82, 2.24) is 9.47 Å². The van der Waals surface area contributed by atoms with Crippen molar-refractivity contribution in [3.8, 4) is 0 Å². The van der Waals surface area contributed by atoms with Crippen LogP contribution >= 0.6 is 0 Å². The third kappa shape index (κ3) is 5.84. The molecule has 2 heterocycles. The second-order valence-electron chi connectivity index (χ2n) is 10.2. The molecule has 0 N–H and O–H groups in total. The van der Waals surface area contributed by atoms with E-state index in [0.29, 0.717) is 36.4 Å². The van der Waals surface area contributed by atoms with Gasteiger partial charge in [-0.1, -0.05) is 18.2 Å². The molecule has 7 heteroatoms. The number of methoxy groups -OCH3 is 1. The summed E-state index contributed by atoms with van der Waals surface area (Å²) in [7, 11) is 1.36. The van der Waals surface area contributed by atoms with Crippen LogP contribution in [0.3, 0.4) is 0 Å². The number of esters is 1. The van der Waals surface area contributed by atoms with Crippen molar-refractivity contribution in [1.29, 1.82) is 0 Å². The van der Waals surface area contributed by atoms with E-state index in [0.717, 1.165) is 36.0 Å². The number of carbonyl (C=O) groups is 2. The lowest BCUT2D eigenvalue weighted by atomic mass is 9.97. The summed E-state index contributed by atoms with van der Waals surface area (Å²) in [6, 6.07) is 12.4. The average molecular weight is 481 g/mol. The van der Waals surface area contributed by atoms with E-state index in [4.69, 9.17) is 9.47 Å². The largest absolute Gasteiger partial charge is 0.465 e. The molecule has 4 rings (SSSR count). The first-order valence-corrected chi connectivity index (χ1v) is 12.1. The van der Waals surface area contributed by atoms with Crippen LogP contribution in [0.5, 0.6) is 0 Å². The van der Waals surface area contributed by atoms with Gasteiger partial charge in [0.05, 0.1) is 18.2 Å². The molecule has 0 saturated carbocycles. The zero-order valence-corrected chi connectivity index (χ0v) is 20.8. The van der Waals surface area contributed by atoms with E-state index in [1.54, 1.807) is 23.1 Å². The first-order valence-electron chi connectivity index (χ1n) is 12.1. The zero-order valence-electron chi connectivity index (χ0n) is 20.8. The Labute approximate surface area is 205 Å². The van der Waals surface area contributed by atoms with Crippen molar-refractivity contribution in [2.75, 3.05) is 20.2 Å². The van der Waals surface area contributed by atoms with Gasteiger partial charge in [-0.15, -0.1) is 0 Å². The molecule has 0 aliphatic carbocycles. The Morgan fingerprint density at radius 3 is 2.37 bits per heavy atom. The van der Waals surface area contributed by atoms with Gasteiger partial charge in [-0.3, -0.25) is 0 Å². The van der Waals surface area contributed by atoms with Crippen LogP contribution in [0.1, 0.15) is 55.1 Å². The molecule has 0 radical (unpaired) electrons. The molecule has 1 aliphatic rings. The maximum absolute atomic E-state index is 14.9. The van der Waals surface area contributed by atoms with Crippen molar-refractivity contribution < 1.29 is 23.5 Å². The fraction of sp³-hybridized carbons (Fsp3) is 0.429. The Morgan fingerprint density at radius 1 is 1.06 bits per heavy atom. The Hall–Kier alpha value is -3.35. The second kappa shape index (κ2) is 10.1. The number of hydrogen-bond donors (Lipinski definition) is 0. The number of aromatic nitrogens is 1. The van der Waals surface area contributed by atoms with Crippen LogP contribution in [0.25, 0.3) is 10.9 Å². The van der Waals surface area contributed by atoms with Crippen LogP contribution in [0.4, 0.5) is 9.18 Å². The van der Waals surface area contributed by atoms with Gasteiger partial charge in [-0.05, 0) is 81.3 Å². The molecule has 1 aliphatic heterocycles. The molecule has 6 nitrogen and oxygen atoms in total. The third-order valence-corrected chi connectivity index (χ3v) is 6.42. The number of benzene rings is 2. The Morgan fingerprint density at radius 2 is 1.74 bits per heavy atom. The highest BCUT2D eigenvalue weighted by Gasteiger charge is 2.27. The molecular weight excluding hydrogens is 447 g/mol. The molecular formula is C28H33FN2O4. The van der Waals surface area contributed by atoms with Crippen LogP contribution in [-0.4, -0.2) is 47.3 Å². The number of hydrogen-bond acceptors (Lipinski definition) is 4. The predicted molar refractivity (Wildman–Crippen MR) is 133 cm³/mol. The third-order valence-electron chi connectivity index (χ3n) is 6.42. The summed E-state index contributed by atoms with van der Waals surface area (Å²) in [6.07, 6.45) is 4.09. The summed E-state index contributed by atoms with van der Waals surface area (Å²) in [5, 5.41) is 0.635. The van der Waals surface area contributed by atoms with Crippen molar-refractivity contribution >= 4 is 23.0 Å². The summed E-state index contributed by atoms with van der Waals surface area (Å²) in [6.45, 7) is 7.71. The van der Waals surface area contributed by atoms with Gasteiger partial charge in [-0.2, -0.15) is 0 Å².